The molecule has 0 unspecified atom stereocenters. The average molecular weight is 464 g/mol. The molecule has 164 valence electrons. The van der Waals surface area contributed by atoms with Crippen LogP contribution in [0.5, 0.6) is 0 Å². The van der Waals surface area contributed by atoms with Crippen molar-refractivity contribution in [3.8, 4) is 0 Å². The summed E-state index contributed by atoms with van der Waals surface area (Å²) in [6, 6.07) is 12.1. The van der Waals surface area contributed by atoms with Crippen molar-refractivity contribution in [2.75, 3.05) is 16.8 Å². The van der Waals surface area contributed by atoms with Crippen LogP contribution in [0.25, 0.3) is 0 Å². The van der Waals surface area contributed by atoms with Gasteiger partial charge in [0.2, 0.25) is 11.8 Å². The van der Waals surface area contributed by atoms with Crippen molar-refractivity contribution >= 4 is 52.4 Å². The Bertz CT molecular complexity index is 977. The van der Waals surface area contributed by atoms with Crippen molar-refractivity contribution in [1.82, 2.24) is 5.32 Å². The molecular formula is C21H23Cl2N5O3. The molecule has 2 aromatic rings. The predicted octanol–water partition coefficient (Wildman–Crippen LogP) is 2.52. The fourth-order valence-electron chi connectivity index (χ4n) is 3.41. The maximum atomic E-state index is 12.7. The van der Waals surface area contributed by atoms with Crippen LogP contribution in [0.15, 0.2) is 47.5 Å². The molecule has 0 spiro atoms. The van der Waals surface area contributed by atoms with Crippen molar-refractivity contribution in [2.24, 2.45) is 10.7 Å². The minimum Gasteiger partial charge on any atom is -0.391 e. The third-order valence-corrected chi connectivity index (χ3v) is 5.35. The Labute approximate surface area is 190 Å². The second kappa shape index (κ2) is 10.00. The summed E-state index contributed by atoms with van der Waals surface area (Å²) in [5.74, 6) is -0.695. The zero-order chi connectivity index (χ0) is 22.5. The summed E-state index contributed by atoms with van der Waals surface area (Å²) in [6.45, 7) is 1.84. The van der Waals surface area contributed by atoms with Crippen LogP contribution in [-0.2, 0) is 16.1 Å². The van der Waals surface area contributed by atoms with E-state index in [1.54, 1.807) is 12.1 Å². The first-order valence-corrected chi connectivity index (χ1v) is 10.4. The van der Waals surface area contributed by atoms with E-state index in [9.17, 15) is 14.7 Å². The van der Waals surface area contributed by atoms with Crippen LogP contribution in [0.1, 0.15) is 18.9 Å². The van der Waals surface area contributed by atoms with Crippen LogP contribution in [0, 0.1) is 0 Å². The number of guanidine groups is 1. The molecule has 0 aromatic heterocycles. The molecule has 2 aromatic carbocycles. The number of nitrogens with one attached hydrogen (secondary N) is 2. The fourth-order valence-corrected chi connectivity index (χ4v) is 4.03. The van der Waals surface area contributed by atoms with Crippen molar-refractivity contribution in [3.63, 3.8) is 0 Å². The average Bonchev–Trinajstić information content (AvgIpc) is 3.11. The monoisotopic (exact) mass is 463 g/mol. The second-order valence-corrected chi connectivity index (χ2v) is 8.01. The van der Waals surface area contributed by atoms with Gasteiger partial charge in [0, 0.05) is 25.6 Å². The van der Waals surface area contributed by atoms with E-state index in [1.807, 2.05) is 35.2 Å². The maximum absolute atomic E-state index is 12.7. The van der Waals surface area contributed by atoms with Crippen molar-refractivity contribution in [2.45, 2.75) is 32.0 Å². The molecule has 31 heavy (non-hydrogen) atoms. The number of para-hydroxylation sites is 1. The molecular weight excluding hydrogens is 441 g/mol. The van der Waals surface area contributed by atoms with Crippen molar-refractivity contribution < 1.29 is 14.7 Å². The van der Waals surface area contributed by atoms with Gasteiger partial charge in [0.15, 0.2) is 5.96 Å². The van der Waals surface area contributed by atoms with Gasteiger partial charge in [0.25, 0.3) is 0 Å². The number of nitrogens with zero attached hydrogens (tertiary/aromatic N) is 2. The van der Waals surface area contributed by atoms with Gasteiger partial charge in [-0.25, -0.2) is 4.99 Å². The lowest BCUT2D eigenvalue weighted by atomic mass is 10.1. The molecule has 10 heteroatoms. The Morgan fingerprint density at radius 3 is 2.48 bits per heavy atom. The molecule has 0 radical (unpaired) electrons. The number of benzene rings is 2. The van der Waals surface area contributed by atoms with E-state index >= 15 is 0 Å². The van der Waals surface area contributed by atoms with Gasteiger partial charge < -0.3 is 21.1 Å². The molecule has 0 bridgehead atoms. The molecule has 0 aliphatic carbocycles. The SMILES string of the molecule is CC(=O)Nc1c(Cl)cc(CN=C(N)NC(=O)[C@@H]2C[C@H](O)CN2c2ccccc2)cc1Cl. The Morgan fingerprint density at radius 2 is 1.87 bits per heavy atom. The van der Waals surface area contributed by atoms with E-state index in [0.29, 0.717) is 24.2 Å². The molecule has 5 N–H and O–H groups in total. The van der Waals surface area contributed by atoms with E-state index in [-0.39, 0.29) is 34.4 Å². The number of carbonyl (C=O) groups is 2. The van der Waals surface area contributed by atoms with Gasteiger partial charge in [-0.1, -0.05) is 41.4 Å². The van der Waals surface area contributed by atoms with Crippen molar-refractivity contribution in [3.05, 3.63) is 58.1 Å². The summed E-state index contributed by atoms with van der Waals surface area (Å²) in [5, 5.41) is 15.8. The summed E-state index contributed by atoms with van der Waals surface area (Å²) >= 11 is 12.3. The highest BCUT2D eigenvalue weighted by atomic mass is 35.5. The minimum atomic E-state index is -0.611. The Hall–Kier alpha value is -2.81. The molecule has 1 fully saturated rings. The molecule has 1 heterocycles. The topological polar surface area (TPSA) is 120 Å². The number of rotatable bonds is 5. The molecule has 1 saturated heterocycles. The number of anilines is 2. The highest BCUT2D eigenvalue weighted by Gasteiger charge is 2.36. The minimum absolute atomic E-state index is 0.0578. The molecule has 2 atom stereocenters. The number of nitrogens with two attached hydrogens (primary N) is 1. The van der Waals surface area contributed by atoms with Crippen LogP contribution in [0.3, 0.4) is 0 Å². The summed E-state index contributed by atoms with van der Waals surface area (Å²) in [5.41, 5.74) is 7.72. The first kappa shape index (κ1) is 22.9. The van der Waals surface area contributed by atoms with Crippen LogP contribution in [-0.4, -0.2) is 41.6 Å². The van der Waals surface area contributed by atoms with Gasteiger partial charge in [0.05, 0.1) is 28.4 Å². The van der Waals surface area contributed by atoms with E-state index in [4.69, 9.17) is 28.9 Å². The predicted molar refractivity (Wildman–Crippen MR) is 122 cm³/mol. The number of aliphatic hydroxyl groups is 1. The normalized spacial score (nSPS) is 18.7. The number of hydrogen-bond donors (Lipinski definition) is 4. The molecule has 2 amide bonds. The first-order valence-electron chi connectivity index (χ1n) is 9.60. The second-order valence-electron chi connectivity index (χ2n) is 7.20. The van der Waals surface area contributed by atoms with E-state index in [2.05, 4.69) is 15.6 Å². The fraction of sp³-hybridized carbons (Fsp3) is 0.286. The standard InChI is InChI=1S/C21H23Cl2N5O3/c1-12(29)26-19-16(22)7-13(8-17(19)23)10-25-21(24)27-20(31)18-9-15(30)11-28(18)14-5-3-2-4-6-14/h2-8,15,18,30H,9-11H2,1H3,(H,26,29)(H3,24,25,27,31)/t15-,18-/m0/s1. The van der Waals surface area contributed by atoms with Crippen LogP contribution in [0.4, 0.5) is 11.4 Å². The lowest BCUT2D eigenvalue weighted by Gasteiger charge is -2.25. The summed E-state index contributed by atoms with van der Waals surface area (Å²) < 4.78 is 0. The van der Waals surface area contributed by atoms with Gasteiger partial charge in [-0.05, 0) is 29.8 Å². The lowest BCUT2D eigenvalue weighted by molar-refractivity contribution is -0.121. The number of aliphatic hydroxyl groups excluding tert-OH is 1. The quantitative estimate of drug-likeness (QED) is 0.401. The van der Waals surface area contributed by atoms with Gasteiger partial charge in [-0.2, -0.15) is 0 Å². The van der Waals surface area contributed by atoms with Gasteiger partial charge in [0.1, 0.15) is 6.04 Å². The highest BCUT2D eigenvalue weighted by molar-refractivity contribution is 6.39. The number of β-amino-alcohol motifs (C(OH)–C–C–N with tert-alkyl or cyclic N) is 1. The lowest BCUT2D eigenvalue weighted by Crippen LogP contribution is -2.48. The number of carbonyl (C=O) groups excluding carboxylic acids is 2. The third kappa shape index (κ3) is 5.88. The van der Waals surface area contributed by atoms with Crippen LogP contribution in [0.2, 0.25) is 10.0 Å². The summed E-state index contributed by atoms with van der Waals surface area (Å²) in [6.07, 6.45) is -0.315. The van der Waals surface area contributed by atoms with Gasteiger partial charge >= 0.3 is 0 Å². The molecule has 1 aliphatic heterocycles. The molecule has 1 aliphatic rings. The Morgan fingerprint density at radius 1 is 1.23 bits per heavy atom. The third-order valence-electron chi connectivity index (χ3n) is 4.76. The van der Waals surface area contributed by atoms with Gasteiger partial charge in [-0.3, -0.25) is 14.9 Å². The van der Waals surface area contributed by atoms with E-state index in [0.717, 1.165) is 5.69 Å². The largest absolute Gasteiger partial charge is 0.391 e. The summed E-state index contributed by atoms with van der Waals surface area (Å²) in [4.78, 5) is 30.0. The maximum Gasteiger partial charge on any atom is 0.249 e. The first-order chi connectivity index (χ1) is 14.7. The van der Waals surface area contributed by atoms with Crippen LogP contribution >= 0.6 is 23.2 Å². The molecule has 8 nitrogen and oxygen atoms in total. The van der Waals surface area contributed by atoms with Gasteiger partial charge in [-0.15, -0.1) is 0 Å². The molecule has 0 saturated carbocycles. The zero-order valence-electron chi connectivity index (χ0n) is 16.8. The van der Waals surface area contributed by atoms with Crippen LogP contribution < -0.4 is 21.3 Å². The number of halogens is 2. The van der Waals surface area contributed by atoms with Crippen molar-refractivity contribution in [1.29, 1.82) is 0 Å². The Kier molecular flexibility index (Phi) is 7.37. The smallest absolute Gasteiger partial charge is 0.249 e. The van der Waals surface area contributed by atoms with E-state index in [1.165, 1.54) is 6.92 Å². The zero-order valence-corrected chi connectivity index (χ0v) is 18.3. The van der Waals surface area contributed by atoms with E-state index < -0.39 is 12.1 Å². The number of aliphatic imine (C=N–C) groups is 1. The molecule has 3 rings (SSSR count). The Balaban J connectivity index is 1.66. The summed E-state index contributed by atoms with van der Waals surface area (Å²) in [7, 11) is 0. The number of amides is 2. The highest BCUT2D eigenvalue weighted by Crippen LogP contribution is 2.32. The number of hydrogen-bond acceptors (Lipinski definition) is 5.